The minimum absolute atomic E-state index is 0.174. The summed E-state index contributed by atoms with van der Waals surface area (Å²) in [5.41, 5.74) is 5.77. The number of aliphatic imine (C=N–C) groups is 3. The van der Waals surface area contributed by atoms with Crippen molar-refractivity contribution < 1.29 is 0 Å². The Kier molecular flexibility index (Phi) is 17.7. The van der Waals surface area contributed by atoms with Gasteiger partial charge in [0.1, 0.15) is 0 Å². The average Bonchev–Trinajstić information content (AvgIpc) is 2.61. The topological polar surface area (TPSA) is 37.1 Å². The molecular formula is C37H71N3. The molecule has 0 aliphatic rings. The van der Waals surface area contributed by atoms with Gasteiger partial charge in [0.05, 0.1) is 0 Å². The number of nitrogens with zero attached hydrogens (tertiary/aromatic N) is 3. The van der Waals surface area contributed by atoms with Gasteiger partial charge in [0.25, 0.3) is 0 Å². The van der Waals surface area contributed by atoms with E-state index in [1.807, 2.05) is 19.3 Å². The van der Waals surface area contributed by atoms with Crippen molar-refractivity contribution in [2.24, 2.45) is 47.5 Å². The summed E-state index contributed by atoms with van der Waals surface area (Å²) < 4.78 is 0. The largest absolute Gasteiger partial charge is 0.266 e. The van der Waals surface area contributed by atoms with E-state index in [1.165, 1.54) is 11.4 Å². The molecule has 0 atom stereocenters. The first-order valence-corrected chi connectivity index (χ1v) is 15.0. The molecule has 0 aromatic carbocycles. The van der Waals surface area contributed by atoms with Crippen molar-refractivity contribution in [3.05, 3.63) is 35.8 Å². The summed E-state index contributed by atoms with van der Waals surface area (Å²) in [4.78, 5) is 13.4. The van der Waals surface area contributed by atoms with Crippen LogP contribution in [0.4, 0.5) is 0 Å². The summed E-state index contributed by atoms with van der Waals surface area (Å²) >= 11 is 0. The second kappa shape index (κ2) is 16.6. The third-order valence-corrected chi connectivity index (χ3v) is 5.30. The van der Waals surface area contributed by atoms with Gasteiger partial charge in [-0.3, -0.25) is 15.0 Å². The first-order valence-electron chi connectivity index (χ1n) is 15.0. The van der Waals surface area contributed by atoms with Crippen LogP contribution < -0.4 is 0 Å². The number of rotatable bonds is 3. The third kappa shape index (κ3) is 32.4. The molecule has 0 aromatic rings. The van der Waals surface area contributed by atoms with Gasteiger partial charge in [-0.05, 0) is 60.2 Å². The van der Waals surface area contributed by atoms with Crippen molar-refractivity contribution in [3.8, 4) is 0 Å². The zero-order chi connectivity index (χ0) is 33.0. The van der Waals surface area contributed by atoms with Crippen molar-refractivity contribution >= 4 is 17.6 Å². The highest BCUT2D eigenvalue weighted by Crippen LogP contribution is 2.22. The Balaban J connectivity index is -0.000000514. The van der Waals surface area contributed by atoms with E-state index in [0.29, 0.717) is 0 Å². The van der Waals surface area contributed by atoms with Gasteiger partial charge in [0.15, 0.2) is 0 Å². The lowest BCUT2D eigenvalue weighted by Crippen LogP contribution is -2.16. The minimum atomic E-state index is 0.174. The lowest BCUT2D eigenvalue weighted by molar-refractivity contribution is 0.538. The molecule has 0 heterocycles. The molecule has 0 aromatic heterocycles. The van der Waals surface area contributed by atoms with Crippen molar-refractivity contribution in [3.63, 3.8) is 0 Å². The summed E-state index contributed by atoms with van der Waals surface area (Å²) in [5.74, 6) is 0. The van der Waals surface area contributed by atoms with Gasteiger partial charge in [-0.15, -0.1) is 0 Å². The van der Waals surface area contributed by atoms with E-state index >= 15 is 0 Å². The normalized spacial score (nSPS) is 15.7. The molecule has 0 aliphatic heterocycles. The minimum Gasteiger partial charge on any atom is -0.266 e. The Hall–Kier alpha value is -1.77. The van der Waals surface area contributed by atoms with Crippen LogP contribution in [0.25, 0.3) is 0 Å². The molecule has 0 unspecified atom stereocenters. The zero-order valence-electron chi connectivity index (χ0n) is 31.2. The molecule has 40 heavy (non-hydrogen) atoms. The lowest BCUT2D eigenvalue weighted by Gasteiger charge is -2.19. The Morgan fingerprint density at radius 3 is 1.12 bits per heavy atom. The highest BCUT2D eigenvalue weighted by Gasteiger charge is 2.15. The Morgan fingerprint density at radius 2 is 0.825 bits per heavy atom. The summed E-state index contributed by atoms with van der Waals surface area (Å²) in [7, 11) is 0. The molecule has 3 nitrogen and oxygen atoms in total. The van der Waals surface area contributed by atoms with Gasteiger partial charge in [-0.2, -0.15) is 0 Å². The smallest absolute Gasteiger partial charge is 0.0337 e. The van der Waals surface area contributed by atoms with Gasteiger partial charge in [0.2, 0.25) is 0 Å². The van der Waals surface area contributed by atoms with Gasteiger partial charge < -0.3 is 0 Å². The first-order chi connectivity index (χ1) is 17.3. The maximum atomic E-state index is 4.61. The van der Waals surface area contributed by atoms with Gasteiger partial charge >= 0.3 is 0 Å². The SMILES string of the molecule is C/C(=C/C(C)(C)C)N=CC(C)(C)C.CC(=N/C(C)=C\C(C)(C)C)C(C)(C)C.CC(=N/C=C\C(C)(C)C)C(C)(C)C. The molecule has 0 spiro atoms. The molecule has 0 rings (SSSR count). The standard InChI is InChI=1S/C13H25N.2C12H23N/c1-10(9-12(3,4)5)14-11(2)13(6,7)8;1-10(8-11(2,3)4)13-9-12(5,6)7;1-10(12(5,6)7)13-9-8-11(2,3)4/h9H,1-8H3;2*8-9H,1-7H3/b10-9-,14-11?;10-8-,13-9?;9-8-,13-10?. The van der Waals surface area contributed by atoms with Crippen LogP contribution in [0.1, 0.15) is 152 Å². The van der Waals surface area contributed by atoms with E-state index in [9.17, 15) is 0 Å². The number of allylic oxidation sites excluding steroid dienone is 5. The summed E-state index contributed by atoms with van der Waals surface area (Å²) in [6.07, 6.45) is 10.4. The van der Waals surface area contributed by atoms with Crippen molar-refractivity contribution in [2.75, 3.05) is 0 Å². The average molecular weight is 558 g/mol. The number of hydrogen-bond acceptors (Lipinski definition) is 3. The van der Waals surface area contributed by atoms with E-state index in [1.54, 1.807) is 0 Å². The lowest BCUT2D eigenvalue weighted by atomic mass is 9.90. The third-order valence-electron chi connectivity index (χ3n) is 5.30. The fraction of sp³-hybridized carbons (Fsp3) is 0.757. The molecule has 0 bridgehead atoms. The molecule has 0 fully saturated rings. The van der Waals surface area contributed by atoms with E-state index in [0.717, 1.165) is 11.4 Å². The predicted molar refractivity (Wildman–Crippen MR) is 188 cm³/mol. The summed E-state index contributed by atoms with van der Waals surface area (Å²) in [5, 5.41) is 0. The number of hydrogen-bond donors (Lipinski definition) is 0. The van der Waals surface area contributed by atoms with Crippen LogP contribution in [0.15, 0.2) is 50.8 Å². The summed E-state index contributed by atoms with van der Waals surface area (Å²) in [6.45, 7) is 47.5. The molecule has 0 saturated heterocycles. The van der Waals surface area contributed by atoms with Crippen LogP contribution in [0.2, 0.25) is 0 Å². The monoisotopic (exact) mass is 558 g/mol. The van der Waals surface area contributed by atoms with Crippen LogP contribution in [-0.4, -0.2) is 17.6 Å². The van der Waals surface area contributed by atoms with Crippen LogP contribution in [0.5, 0.6) is 0 Å². The van der Waals surface area contributed by atoms with E-state index in [2.05, 4.69) is 179 Å². The van der Waals surface area contributed by atoms with Crippen molar-refractivity contribution in [1.82, 2.24) is 0 Å². The molecule has 3 heteroatoms. The highest BCUT2D eigenvalue weighted by molar-refractivity contribution is 5.88. The highest BCUT2D eigenvalue weighted by atomic mass is 14.8. The van der Waals surface area contributed by atoms with Crippen molar-refractivity contribution in [1.29, 1.82) is 0 Å². The predicted octanol–water partition coefficient (Wildman–Crippen LogP) is 12.5. The Morgan fingerprint density at radius 1 is 0.450 bits per heavy atom. The van der Waals surface area contributed by atoms with Crippen LogP contribution in [0, 0.1) is 32.5 Å². The molecule has 0 amide bonds. The van der Waals surface area contributed by atoms with Gasteiger partial charge in [0, 0.05) is 35.2 Å². The van der Waals surface area contributed by atoms with Crippen molar-refractivity contribution in [2.45, 2.75) is 152 Å². The Labute approximate surface area is 253 Å². The summed E-state index contributed by atoms with van der Waals surface area (Å²) in [6, 6.07) is 0. The molecule has 0 radical (unpaired) electrons. The molecule has 234 valence electrons. The van der Waals surface area contributed by atoms with Crippen LogP contribution >= 0.6 is 0 Å². The molecule has 0 saturated carbocycles. The first kappa shape index (κ1) is 42.7. The second-order valence-corrected chi connectivity index (χ2v) is 17.5. The van der Waals surface area contributed by atoms with E-state index in [4.69, 9.17) is 0 Å². The molecule has 0 N–H and O–H groups in total. The Bertz CT molecular complexity index is 907. The quantitative estimate of drug-likeness (QED) is 0.309. The van der Waals surface area contributed by atoms with Crippen LogP contribution in [0.3, 0.4) is 0 Å². The van der Waals surface area contributed by atoms with Gasteiger partial charge in [-0.1, -0.05) is 143 Å². The van der Waals surface area contributed by atoms with Gasteiger partial charge in [-0.25, -0.2) is 0 Å². The fourth-order valence-corrected chi connectivity index (χ4v) is 2.62. The zero-order valence-corrected chi connectivity index (χ0v) is 31.2. The molecular weight excluding hydrogens is 486 g/mol. The maximum Gasteiger partial charge on any atom is 0.0337 e. The maximum absolute atomic E-state index is 4.61. The van der Waals surface area contributed by atoms with E-state index in [-0.39, 0.29) is 32.5 Å². The molecule has 0 aliphatic carbocycles. The van der Waals surface area contributed by atoms with E-state index < -0.39 is 0 Å². The van der Waals surface area contributed by atoms with Crippen LogP contribution in [-0.2, 0) is 0 Å². The fourth-order valence-electron chi connectivity index (χ4n) is 2.62. The second-order valence-electron chi connectivity index (χ2n) is 17.5.